The van der Waals surface area contributed by atoms with Crippen LogP contribution in [0.4, 0.5) is 17.1 Å². The van der Waals surface area contributed by atoms with Crippen molar-refractivity contribution in [2.45, 2.75) is 13.5 Å². The molecule has 4 aromatic carbocycles. The number of hydrogen-bond donors (Lipinski definition) is 2. The molecule has 7 heteroatoms. The standard InChI is InChI=1S/C33H31ClN4O2/c1-23(39)38(20-19-37(2)22-24-9-5-3-6-10-24)28-16-14-27(15-17-28)35-32(25-11-7-4-8-12-25)31-29-18-13-26(34)21-30(29)36-33(31)40/h3-18,21,35H,19-20,22H2,1-2H3,(H,36,40)/b32-31-. The van der Waals surface area contributed by atoms with E-state index < -0.39 is 0 Å². The third-order valence-corrected chi connectivity index (χ3v) is 7.10. The molecule has 0 spiro atoms. The molecule has 0 bridgehead atoms. The van der Waals surface area contributed by atoms with E-state index in [1.54, 1.807) is 24.0 Å². The van der Waals surface area contributed by atoms with Crippen molar-refractivity contribution in [2.75, 3.05) is 35.7 Å². The Hall–Kier alpha value is -4.39. The van der Waals surface area contributed by atoms with Gasteiger partial charge in [0.15, 0.2) is 0 Å². The Morgan fingerprint density at radius 3 is 2.23 bits per heavy atom. The molecule has 0 radical (unpaired) electrons. The highest BCUT2D eigenvalue weighted by molar-refractivity contribution is 6.38. The molecule has 0 saturated carbocycles. The zero-order valence-electron chi connectivity index (χ0n) is 22.5. The molecule has 0 aromatic heterocycles. The summed E-state index contributed by atoms with van der Waals surface area (Å²) in [5.74, 6) is -0.207. The van der Waals surface area contributed by atoms with Gasteiger partial charge in [-0.3, -0.25) is 9.59 Å². The topological polar surface area (TPSA) is 64.7 Å². The number of anilines is 3. The quantitative estimate of drug-likeness (QED) is 0.226. The van der Waals surface area contributed by atoms with E-state index >= 15 is 0 Å². The highest BCUT2D eigenvalue weighted by Crippen LogP contribution is 2.38. The second kappa shape index (κ2) is 12.2. The lowest BCUT2D eigenvalue weighted by Crippen LogP contribution is -2.36. The van der Waals surface area contributed by atoms with Crippen molar-refractivity contribution in [1.82, 2.24) is 4.90 Å². The molecule has 2 amide bonds. The minimum absolute atomic E-state index is 0.0150. The summed E-state index contributed by atoms with van der Waals surface area (Å²) in [7, 11) is 2.06. The first-order chi connectivity index (χ1) is 19.4. The number of nitrogens with one attached hydrogen (secondary N) is 2. The molecule has 4 aromatic rings. The van der Waals surface area contributed by atoms with E-state index in [0.717, 1.165) is 35.6 Å². The predicted octanol–water partition coefficient (Wildman–Crippen LogP) is 6.76. The Labute approximate surface area is 239 Å². The minimum atomic E-state index is -0.192. The van der Waals surface area contributed by atoms with Gasteiger partial charge in [-0.2, -0.15) is 0 Å². The number of fused-ring (bicyclic) bond motifs is 1. The van der Waals surface area contributed by atoms with Gasteiger partial charge in [0.05, 0.1) is 17.0 Å². The zero-order chi connectivity index (χ0) is 28.1. The molecule has 0 atom stereocenters. The first-order valence-corrected chi connectivity index (χ1v) is 13.6. The first-order valence-electron chi connectivity index (χ1n) is 13.2. The van der Waals surface area contributed by atoms with Gasteiger partial charge in [0, 0.05) is 48.5 Å². The van der Waals surface area contributed by atoms with E-state index in [1.165, 1.54) is 5.56 Å². The van der Waals surface area contributed by atoms with Crippen LogP contribution in [-0.2, 0) is 16.1 Å². The van der Waals surface area contributed by atoms with E-state index in [2.05, 4.69) is 34.7 Å². The lowest BCUT2D eigenvalue weighted by atomic mass is 10.00. The summed E-state index contributed by atoms with van der Waals surface area (Å²) in [5.41, 5.74) is 6.46. The molecule has 202 valence electrons. The third kappa shape index (κ3) is 6.25. The summed E-state index contributed by atoms with van der Waals surface area (Å²) in [6.07, 6.45) is 0. The van der Waals surface area contributed by atoms with E-state index in [9.17, 15) is 9.59 Å². The number of halogens is 1. The Balaban J connectivity index is 1.37. The highest BCUT2D eigenvalue weighted by Gasteiger charge is 2.28. The van der Waals surface area contributed by atoms with E-state index in [-0.39, 0.29) is 11.8 Å². The fraction of sp³-hybridized carbons (Fsp3) is 0.152. The molecular formula is C33H31ClN4O2. The predicted molar refractivity (Wildman–Crippen MR) is 164 cm³/mol. The molecule has 1 aliphatic heterocycles. The number of benzene rings is 4. The zero-order valence-corrected chi connectivity index (χ0v) is 23.3. The van der Waals surface area contributed by atoms with Crippen molar-refractivity contribution in [2.24, 2.45) is 0 Å². The fourth-order valence-corrected chi connectivity index (χ4v) is 5.03. The van der Waals surface area contributed by atoms with Crippen molar-refractivity contribution in [3.63, 3.8) is 0 Å². The van der Waals surface area contributed by atoms with Gasteiger partial charge in [0.1, 0.15) is 0 Å². The van der Waals surface area contributed by atoms with Gasteiger partial charge in [-0.05, 0) is 54.6 Å². The van der Waals surface area contributed by atoms with Crippen molar-refractivity contribution in [3.8, 4) is 0 Å². The van der Waals surface area contributed by atoms with Crippen LogP contribution < -0.4 is 15.5 Å². The second-order valence-corrected chi connectivity index (χ2v) is 10.3. The number of rotatable bonds is 9. The molecule has 0 unspecified atom stereocenters. The van der Waals surface area contributed by atoms with Crippen LogP contribution in [0.5, 0.6) is 0 Å². The summed E-state index contributed by atoms with van der Waals surface area (Å²) in [4.78, 5) is 29.6. The smallest absolute Gasteiger partial charge is 0.258 e. The van der Waals surface area contributed by atoms with Crippen LogP contribution in [0.3, 0.4) is 0 Å². The molecular weight excluding hydrogens is 520 g/mol. The van der Waals surface area contributed by atoms with E-state index in [4.69, 9.17) is 11.6 Å². The SMILES string of the molecule is CC(=O)N(CCN(C)Cc1ccccc1)c1ccc(N/C(=C2\C(=O)Nc3cc(Cl)ccc32)c2ccccc2)cc1. The average molecular weight is 551 g/mol. The maximum Gasteiger partial charge on any atom is 0.258 e. The molecule has 2 N–H and O–H groups in total. The number of nitrogens with zero attached hydrogens (tertiary/aromatic N) is 2. The number of likely N-dealkylation sites (N-methyl/N-ethyl adjacent to an activating group) is 1. The summed E-state index contributed by atoms with van der Waals surface area (Å²) >= 11 is 6.17. The maximum absolute atomic E-state index is 13.1. The van der Waals surface area contributed by atoms with Gasteiger partial charge in [0.2, 0.25) is 5.91 Å². The summed E-state index contributed by atoms with van der Waals surface area (Å²) in [6.45, 7) is 3.71. The van der Waals surface area contributed by atoms with Crippen LogP contribution in [-0.4, -0.2) is 36.9 Å². The monoisotopic (exact) mass is 550 g/mol. The Morgan fingerprint density at radius 1 is 0.875 bits per heavy atom. The van der Waals surface area contributed by atoms with Gasteiger partial charge >= 0.3 is 0 Å². The Kier molecular flexibility index (Phi) is 8.29. The third-order valence-electron chi connectivity index (χ3n) is 6.87. The molecule has 6 nitrogen and oxygen atoms in total. The van der Waals surface area contributed by atoms with Crippen molar-refractivity contribution >= 4 is 51.7 Å². The van der Waals surface area contributed by atoms with E-state index in [1.807, 2.05) is 78.9 Å². The van der Waals surface area contributed by atoms with Crippen molar-refractivity contribution in [1.29, 1.82) is 0 Å². The minimum Gasteiger partial charge on any atom is -0.354 e. The van der Waals surface area contributed by atoms with Gasteiger partial charge in [-0.1, -0.05) is 78.3 Å². The lowest BCUT2D eigenvalue weighted by molar-refractivity contribution is -0.116. The van der Waals surface area contributed by atoms with E-state index in [0.29, 0.717) is 28.5 Å². The molecule has 0 saturated heterocycles. The molecule has 1 aliphatic rings. The summed E-state index contributed by atoms with van der Waals surface area (Å²) in [6, 6.07) is 33.2. The van der Waals surface area contributed by atoms with Crippen LogP contribution in [0.25, 0.3) is 11.3 Å². The molecule has 0 aliphatic carbocycles. The van der Waals surface area contributed by atoms with Crippen LogP contribution >= 0.6 is 11.6 Å². The fourth-order valence-electron chi connectivity index (χ4n) is 4.86. The van der Waals surface area contributed by atoms with Crippen LogP contribution in [0.15, 0.2) is 103 Å². The maximum atomic E-state index is 13.1. The Bertz CT molecular complexity index is 1540. The first kappa shape index (κ1) is 27.2. The van der Waals surface area contributed by atoms with Gasteiger partial charge in [-0.25, -0.2) is 0 Å². The van der Waals surface area contributed by atoms with Gasteiger partial charge in [-0.15, -0.1) is 0 Å². The van der Waals surface area contributed by atoms with Crippen molar-refractivity contribution in [3.05, 3.63) is 125 Å². The molecule has 5 rings (SSSR count). The van der Waals surface area contributed by atoms with Crippen LogP contribution in [0, 0.1) is 0 Å². The number of amides is 2. The highest BCUT2D eigenvalue weighted by atomic mass is 35.5. The van der Waals surface area contributed by atoms with Crippen molar-refractivity contribution < 1.29 is 9.59 Å². The lowest BCUT2D eigenvalue weighted by Gasteiger charge is -2.25. The Morgan fingerprint density at radius 2 is 1.55 bits per heavy atom. The summed E-state index contributed by atoms with van der Waals surface area (Å²) in [5, 5.41) is 6.96. The van der Waals surface area contributed by atoms with Gasteiger partial charge < -0.3 is 20.4 Å². The average Bonchev–Trinajstić information content (AvgIpc) is 3.27. The van der Waals surface area contributed by atoms with Gasteiger partial charge in [0.25, 0.3) is 5.91 Å². The number of carbonyl (C=O) groups excluding carboxylic acids is 2. The molecule has 40 heavy (non-hydrogen) atoms. The molecule has 0 fully saturated rings. The van der Waals surface area contributed by atoms with Crippen LogP contribution in [0.2, 0.25) is 5.02 Å². The van der Waals surface area contributed by atoms with Crippen LogP contribution in [0.1, 0.15) is 23.6 Å². The second-order valence-electron chi connectivity index (χ2n) is 9.83. The molecule has 1 heterocycles. The number of carbonyl (C=O) groups is 2. The largest absolute Gasteiger partial charge is 0.354 e. The number of hydrogen-bond acceptors (Lipinski definition) is 4. The summed E-state index contributed by atoms with van der Waals surface area (Å²) < 4.78 is 0. The normalized spacial score (nSPS) is 13.6.